The van der Waals surface area contributed by atoms with Crippen molar-refractivity contribution in [2.24, 2.45) is 10.8 Å². The predicted octanol–water partition coefficient (Wildman–Crippen LogP) is 1.37. The van der Waals surface area contributed by atoms with Crippen LogP contribution < -0.4 is 21.3 Å². The molecule has 2 unspecified atom stereocenters. The molecule has 252 valence electrons. The van der Waals surface area contributed by atoms with Crippen molar-refractivity contribution in [3.05, 3.63) is 24.8 Å². The topological polar surface area (TPSA) is 177 Å². The minimum atomic E-state index is -1.10. The number of amides is 6. The number of likely N-dealkylation sites (tertiary alicyclic amines) is 2. The molecule has 0 spiro atoms. The fourth-order valence-electron chi connectivity index (χ4n) is 5.35. The van der Waals surface area contributed by atoms with Crippen LogP contribution in [0.2, 0.25) is 0 Å². The minimum Gasteiger partial charge on any atom is -0.374 e. The van der Waals surface area contributed by atoms with E-state index in [1.54, 1.807) is 20.8 Å². The second kappa shape index (κ2) is 15.5. The summed E-state index contributed by atoms with van der Waals surface area (Å²) in [7, 11) is 0. The zero-order valence-corrected chi connectivity index (χ0v) is 27.8. The highest BCUT2D eigenvalue weighted by Gasteiger charge is 2.45. The molecular weight excluding hydrogens is 580 g/mol. The molecule has 2 heterocycles. The van der Waals surface area contributed by atoms with Crippen molar-refractivity contribution < 1.29 is 33.9 Å². The average molecular weight is 633 g/mol. The molecule has 2 aliphatic rings. The largest absolute Gasteiger partial charge is 0.374 e. The second-order valence-electron chi connectivity index (χ2n) is 14.0. The molecule has 0 bridgehead atoms. The highest BCUT2D eigenvalue weighted by molar-refractivity contribution is 6.38. The lowest BCUT2D eigenvalue weighted by atomic mass is 9.85. The van der Waals surface area contributed by atoms with Gasteiger partial charge in [0.2, 0.25) is 23.5 Å². The number of hydrogen-bond acceptors (Lipinski definition) is 7. The minimum absolute atomic E-state index is 0.0997. The van der Waals surface area contributed by atoms with Gasteiger partial charge in [0.25, 0.3) is 5.91 Å². The first-order valence-electron chi connectivity index (χ1n) is 15.6. The van der Waals surface area contributed by atoms with E-state index >= 15 is 0 Å². The summed E-state index contributed by atoms with van der Waals surface area (Å²) in [5, 5.41) is 21.0. The number of Topliss-reactive ketones (excluding diaryl/α,β-unsaturated/α-hetero) is 1. The standard InChI is InChI=1S/C32H52N6O7/c1-10-12-20(25(41)28(43)33-16-11-2)34-27(42)24-19(3)15-17-37(24)29(44)26(32(7,8)9)36-30(45)35-21(31(4,5)6)18-38-22(39)13-14-23(38)40/h11,20-22,24,26,39H,2-3,10,12-18H2,1,4-9H3,(H,33,43)(H,34,42)(H2,35,36,45)/t20?,21-,22?,24+,26-/m1/s1. The average Bonchev–Trinajstić information content (AvgIpc) is 3.48. The number of aliphatic hydroxyl groups excluding tert-OH is 1. The van der Waals surface area contributed by atoms with E-state index in [1.165, 1.54) is 15.9 Å². The van der Waals surface area contributed by atoms with Crippen LogP contribution in [0.5, 0.6) is 0 Å². The van der Waals surface area contributed by atoms with Gasteiger partial charge >= 0.3 is 6.03 Å². The zero-order valence-electron chi connectivity index (χ0n) is 27.8. The molecule has 0 radical (unpaired) electrons. The van der Waals surface area contributed by atoms with E-state index in [0.29, 0.717) is 24.8 Å². The van der Waals surface area contributed by atoms with Crippen LogP contribution in [0.15, 0.2) is 24.8 Å². The van der Waals surface area contributed by atoms with Crippen molar-refractivity contribution in [1.29, 1.82) is 0 Å². The SMILES string of the molecule is C=CCNC(=O)C(=O)C(CCC)NC(=O)[C@@H]1C(=C)CCN1C(=O)[C@@H](NC(=O)N[C@H](CN1C(=O)CCC1O)C(C)(C)C)C(C)(C)C. The van der Waals surface area contributed by atoms with E-state index in [-0.39, 0.29) is 38.4 Å². The molecule has 45 heavy (non-hydrogen) atoms. The number of carbonyl (C=O) groups is 6. The third kappa shape index (κ3) is 9.87. The lowest BCUT2D eigenvalue weighted by Crippen LogP contribution is -2.62. The summed E-state index contributed by atoms with van der Waals surface area (Å²) in [5.41, 5.74) is -0.799. The Bertz CT molecular complexity index is 1170. The van der Waals surface area contributed by atoms with Crippen LogP contribution in [0.1, 0.15) is 80.6 Å². The first-order chi connectivity index (χ1) is 20.8. The van der Waals surface area contributed by atoms with Crippen molar-refractivity contribution >= 4 is 35.4 Å². The molecule has 0 saturated carbocycles. The number of urea groups is 1. The van der Waals surface area contributed by atoms with Gasteiger partial charge in [-0.3, -0.25) is 24.0 Å². The Morgan fingerprint density at radius 1 is 1.02 bits per heavy atom. The van der Waals surface area contributed by atoms with E-state index in [4.69, 9.17) is 0 Å². The summed E-state index contributed by atoms with van der Waals surface area (Å²) in [5.74, 6) is -2.97. The summed E-state index contributed by atoms with van der Waals surface area (Å²) in [4.78, 5) is 81.1. The number of hydrogen-bond donors (Lipinski definition) is 5. The number of nitrogens with zero attached hydrogens (tertiary/aromatic N) is 2. The third-order valence-corrected chi connectivity index (χ3v) is 8.16. The molecule has 5 atom stereocenters. The van der Waals surface area contributed by atoms with E-state index in [0.717, 1.165) is 0 Å². The molecule has 13 heteroatoms. The van der Waals surface area contributed by atoms with Crippen molar-refractivity contribution in [2.45, 2.75) is 111 Å². The molecule has 2 aliphatic heterocycles. The highest BCUT2D eigenvalue weighted by atomic mass is 16.3. The van der Waals surface area contributed by atoms with Crippen molar-refractivity contribution in [1.82, 2.24) is 31.1 Å². The van der Waals surface area contributed by atoms with Gasteiger partial charge in [-0.05, 0) is 29.2 Å². The molecule has 0 aromatic rings. The lowest BCUT2D eigenvalue weighted by molar-refractivity contribution is -0.143. The zero-order chi connectivity index (χ0) is 34.3. The Morgan fingerprint density at radius 2 is 1.67 bits per heavy atom. The van der Waals surface area contributed by atoms with Crippen LogP contribution in [0.4, 0.5) is 4.79 Å². The van der Waals surface area contributed by atoms with Gasteiger partial charge in [-0.15, -0.1) is 6.58 Å². The fourth-order valence-corrected chi connectivity index (χ4v) is 5.35. The van der Waals surface area contributed by atoms with Crippen LogP contribution in [0.25, 0.3) is 0 Å². The maximum absolute atomic E-state index is 14.0. The van der Waals surface area contributed by atoms with Crippen molar-refractivity contribution in [3.63, 3.8) is 0 Å². The highest BCUT2D eigenvalue weighted by Crippen LogP contribution is 2.29. The van der Waals surface area contributed by atoms with E-state index < -0.39 is 70.8 Å². The Kier molecular flexibility index (Phi) is 12.9. The number of rotatable bonds is 13. The van der Waals surface area contributed by atoms with E-state index in [2.05, 4.69) is 34.4 Å². The summed E-state index contributed by atoms with van der Waals surface area (Å²) in [6.45, 7) is 20.8. The molecule has 2 saturated heterocycles. The lowest BCUT2D eigenvalue weighted by Gasteiger charge is -2.38. The molecule has 13 nitrogen and oxygen atoms in total. The fraction of sp³-hybridized carbons (Fsp3) is 0.688. The predicted molar refractivity (Wildman–Crippen MR) is 169 cm³/mol. The van der Waals surface area contributed by atoms with Gasteiger partial charge in [0, 0.05) is 32.5 Å². The third-order valence-electron chi connectivity index (χ3n) is 8.16. The van der Waals surface area contributed by atoms with Crippen LogP contribution in [-0.4, -0.2) is 100 Å². The molecular formula is C32H52N6O7. The smallest absolute Gasteiger partial charge is 0.315 e. The quantitative estimate of drug-likeness (QED) is 0.150. The number of aliphatic hydroxyl groups is 1. The summed E-state index contributed by atoms with van der Waals surface area (Å²) < 4.78 is 0. The number of carbonyl (C=O) groups excluding carboxylic acids is 6. The summed E-state index contributed by atoms with van der Waals surface area (Å²) >= 11 is 0. The van der Waals surface area contributed by atoms with E-state index in [1.807, 2.05) is 27.7 Å². The second-order valence-corrected chi connectivity index (χ2v) is 14.0. The maximum atomic E-state index is 14.0. The van der Waals surface area contributed by atoms with E-state index in [9.17, 15) is 33.9 Å². The van der Waals surface area contributed by atoms with Crippen LogP contribution in [0.3, 0.4) is 0 Å². The van der Waals surface area contributed by atoms with Crippen molar-refractivity contribution in [2.75, 3.05) is 19.6 Å². The van der Waals surface area contributed by atoms with Gasteiger partial charge in [0.1, 0.15) is 18.3 Å². The molecule has 5 N–H and O–H groups in total. The van der Waals surface area contributed by atoms with Gasteiger partial charge in [-0.1, -0.05) is 67.5 Å². The first kappa shape index (κ1) is 37.4. The maximum Gasteiger partial charge on any atom is 0.315 e. The van der Waals surface area contributed by atoms with Crippen LogP contribution in [0, 0.1) is 10.8 Å². The molecule has 2 rings (SSSR count). The Hall–Kier alpha value is -3.74. The van der Waals surface area contributed by atoms with Gasteiger partial charge in [-0.25, -0.2) is 4.79 Å². The van der Waals surface area contributed by atoms with Gasteiger partial charge in [0.05, 0.1) is 12.1 Å². The van der Waals surface area contributed by atoms with Gasteiger partial charge in [0.15, 0.2) is 0 Å². The summed E-state index contributed by atoms with van der Waals surface area (Å²) in [6.07, 6.45) is 2.16. The Balaban J connectivity index is 2.24. The Labute approximate surface area is 266 Å². The molecule has 0 aromatic carbocycles. The molecule has 0 aromatic heterocycles. The number of ketones is 1. The molecule has 2 fully saturated rings. The first-order valence-corrected chi connectivity index (χ1v) is 15.6. The van der Waals surface area contributed by atoms with Crippen LogP contribution >= 0.6 is 0 Å². The number of nitrogens with one attached hydrogen (secondary N) is 4. The van der Waals surface area contributed by atoms with Gasteiger partial charge < -0.3 is 36.2 Å². The monoisotopic (exact) mass is 632 g/mol. The van der Waals surface area contributed by atoms with Crippen LogP contribution in [-0.2, 0) is 24.0 Å². The summed E-state index contributed by atoms with van der Waals surface area (Å²) in [6, 6.07) is -4.43. The normalized spacial score (nSPS) is 20.7. The molecule has 0 aliphatic carbocycles. The molecule has 6 amide bonds. The van der Waals surface area contributed by atoms with Crippen molar-refractivity contribution in [3.8, 4) is 0 Å². The van der Waals surface area contributed by atoms with Gasteiger partial charge in [-0.2, -0.15) is 0 Å². The Morgan fingerprint density at radius 3 is 2.18 bits per heavy atom.